The number of hydrogen-bond acceptors (Lipinski definition) is 5. The van der Waals surface area contributed by atoms with Crippen LogP contribution in [0.25, 0.3) is 0 Å². The fourth-order valence-corrected chi connectivity index (χ4v) is 7.91. The van der Waals surface area contributed by atoms with Crippen LogP contribution >= 0.6 is 0 Å². The topological polar surface area (TPSA) is 70.0 Å². The van der Waals surface area contributed by atoms with Crippen molar-refractivity contribution in [1.82, 2.24) is 4.90 Å². The van der Waals surface area contributed by atoms with Crippen molar-refractivity contribution in [3.05, 3.63) is 0 Å². The maximum Gasteiger partial charge on any atom is 0.306 e. The summed E-state index contributed by atoms with van der Waals surface area (Å²) in [7, 11) is 0. The van der Waals surface area contributed by atoms with Crippen LogP contribution in [0, 0.1) is 0 Å². The molecule has 0 aromatic carbocycles. The van der Waals surface area contributed by atoms with Gasteiger partial charge in [-0.1, -0.05) is 194 Å². The molecular weight excluding hydrogens is 655 g/mol. The van der Waals surface area contributed by atoms with Crippen molar-refractivity contribution < 1.29 is 19.7 Å². The number of ether oxygens (including phenoxy) is 1. The molecular formula is C48H97NO4. The molecule has 318 valence electrons. The molecule has 2 N–H and O–H groups in total. The molecule has 0 aliphatic carbocycles. The summed E-state index contributed by atoms with van der Waals surface area (Å²) in [5, 5.41) is 20.4. The van der Waals surface area contributed by atoms with E-state index in [0.29, 0.717) is 6.42 Å². The lowest BCUT2D eigenvalue weighted by molar-refractivity contribution is -0.150. The van der Waals surface area contributed by atoms with Gasteiger partial charge in [-0.2, -0.15) is 0 Å². The minimum Gasteiger partial charge on any atom is -0.462 e. The van der Waals surface area contributed by atoms with E-state index in [0.717, 1.165) is 64.6 Å². The highest BCUT2D eigenvalue weighted by molar-refractivity contribution is 5.69. The van der Waals surface area contributed by atoms with Crippen LogP contribution in [0.3, 0.4) is 0 Å². The van der Waals surface area contributed by atoms with Gasteiger partial charge >= 0.3 is 5.97 Å². The molecule has 0 saturated heterocycles. The number of carbonyl (C=O) groups excluding carboxylic acids is 1. The predicted octanol–water partition coefficient (Wildman–Crippen LogP) is 14.4. The summed E-state index contributed by atoms with van der Waals surface area (Å²) in [6.45, 7) is 12.0. The average Bonchev–Trinajstić information content (AvgIpc) is 3.14. The Morgan fingerprint density at radius 1 is 0.491 bits per heavy atom. The fraction of sp³-hybridized carbons (Fsp3) is 0.979. The van der Waals surface area contributed by atoms with Gasteiger partial charge in [0, 0.05) is 13.0 Å². The minimum absolute atomic E-state index is 0.0253. The largest absolute Gasteiger partial charge is 0.462 e. The lowest BCUT2D eigenvalue weighted by Gasteiger charge is -2.23. The summed E-state index contributed by atoms with van der Waals surface area (Å²) < 4.78 is 6.03. The molecule has 0 rings (SSSR count). The van der Waals surface area contributed by atoms with Gasteiger partial charge in [-0.3, -0.25) is 4.79 Å². The Morgan fingerprint density at radius 2 is 0.830 bits per heavy atom. The molecule has 0 saturated carbocycles. The van der Waals surface area contributed by atoms with Crippen LogP contribution in [0.1, 0.15) is 265 Å². The zero-order valence-corrected chi connectivity index (χ0v) is 36.7. The van der Waals surface area contributed by atoms with Crippen molar-refractivity contribution in [3.8, 4) is 0 Å². The van der Waals surface area contributed by atoms with Gasteiger partial charge in [-0.05, 0) is 77.8 Å². The van der Waals surface area contributed by atoms with Crippen LogP contribution in [-0.4, -0.2) is 59.0 Å². The van der Waals surface area contributed by atoms with Crippen molar-refractivity contribution >= 4 is 5.97 Å². The van der Waals surface area contributed by atoms with E-state index in [2.05, 4.69) is 32.6 Å². The maximum absolute atomic E-state index is 12.7. The lowest BCUT2D eigenvalue weighted by atomic mass is 9.91. The first-order chi connectivity index (χ1) is 25.9. The second-order valence-electron chi connectivity index (χ2n) is 17.3. The molecule has 0 heterocycles. The molecule has 0 aliphatic heterocycles. The Bertz CT molecular complexity index is 712. The fourth-order valence-electron chi connectivity index (χ4n) is 7.91. The summed E-state index contributed by atoms with van der Waals surface area (Å²) in [6, 6.07) is 0. The van der Waals surface area contributed by atoms with Gasteiger partial charge < -0.3 is 19.8 Å². The first-order valence-corrected chi connectivity index (χ1v) is 24.1. The minimum atomic E-state index is -0.485. The first kappa shape index (κ1) is 52.3. The van der Waals surface area contributed by atoms with E-state index in [1.54, 1.807) is 0 Å². The quantitative estimate of drug-likeness (QED) is 0.0479. The molecule has 0 radical (unpaired) electrons. The van der Waals surface area contributed by atoms with Crippen molar-refractivity contribution in [3.63, 3.8) is 0 Å². The van der Waals surface area contributed by atoms with Gasteiger partial charge in [0.25, 0.3) is 0 Å². The highest BCUT2D eigenvalue weighted by Crippen LogP contribution is 2.23. The van der Waals surface area contributed by atoms with Gasteiger partial charge in [0.2, 0.25) is 0 Å². The van der Waals surface area contributed by atoms with E-state index in [1.807, 2.05) is 0 Å². The first-order valence-electron chi connectivity index (χ1n) is 24.1. The molecule has 0 amide bonds. The summed E-state index contributed by atoms with van der Waals surface area (Å²) in [4.78, 5) is 15.2. The lowest BCUT2D eigenvalue weighted by Crippen LogP contribution is -2.29. The highest BCUT2D eigenvalue weighted by atomic mass is 16.5. The number of hydrogen-bond donors (Lipinski definition) is 2. The molecule has 1 unspecified atom stereocenters. The van der Waals surface area contributed by atoms with E-state index in [9.17, 15) is 15.0 Å². The summed E-state index contributed by atoms with van der Waals surface area (Å²) in [6.07, 6.45) is 45.1. The Labute approximate surface area is 333 Å². The van der Waals surface area contributed by atoms with Crippen LogP contribution in [0.4, 0.5) is 0 Å². The molecule has 1 atom stereocenters. The van der Waals surface area contributed by atoms with E-state index in [1.165, 1.54) is 186 Å². The monoisotopic (exact) mass is 752 g/mol. The number of aliphatic hydroxyl groups excluding tert-OH is 1. The molecule has 5 nitrogen and oxygen atoms in total. The Hall–Kier alpha value is -0.650. The van der Waals surface area contributed by atoms with Gasteiger partial charge in [-0.15, -0.1) is 0 Å². The molecule has 0 bridgehead atoms. The van der Waals surface area contributed by atoms with Gasteiger partial charge in [0.15, 0.2) is 0 Å². The third-order valence-electron chi connectivity index (χ3n) is 11.6. The van der Waals surface area contributed by atoms with Crippen LogP contribution < -0.4 is 0 Å². The molecule has 0 aromatic heterocycles. The Kier molecular flexibility index (Phi) is 40.5. The third-order valence-corrected chi connectivity index (χ3v) is 11.6. The summed E-state index contributed by atoms with van der Waals surface area (Å²) in [5.41, 5.74) is -0.485. The van der Waals surface area contributed by atoms with Gasteiger partial charge in [0.1, 0.15) is 6.10 Å². The standard InChI is InChI=1S/C48H97NO4/c1-5-8-11-14-17-18-19-26-33-40-48(4,52)41-34-27-20-21-28-35-42-49(44-45-50)43-36-29-22-25-32-39-47(51)53-46(37-30-23-15-12-9-6-2)38-31-24-16-13-10-7-3/h46,50,52H,5-45H2,1-4H3. The highest BCUT2D eigenvalue weighted by Gasteiger charge is 2.19. The van der Waals surface area contributed by atoms with E-state index in [4.69, 9.17) is 4.74 Å². The molecule has 53 heavy (non-hydrogen) atoms. The van der Waals surface area contributed by atoms with Crippen LogP contribution in [0.15, 0.2) is 0 Å². The van der Waals surface area contributed by atoms with E-state index < -0.39 is 5.60 Å². The average molecular weight is 752 g/mol. The zero-order chi connectivity index (χ0) is 38.9. The molecule has 0 aliphatic rings. The number of rotatable bonds is 44. The van der Waals surface area contributed by atoms with Crippen LogP contribution in [-0.2, 0) is 9.53 Å². The van der Waals surface area contributed by atoms with Gasteiger partial charge in [0.05, 0.1) is 12.2 Å². The number of carbonyl (C=O) groups is 1. The normalized spacial score (nSPS) is 13.0. The molecule has 0 aromatic rings. The Morgan fingerprint density at radius 3 is 1.23 bits per heavy atom. The molecule has 5 heteroatoms. The van der Waals surface area contributed by atoms with Crippen molar-refractivity contribution in [2.45, 2.75) is 277 Å². The zero-order valence-electron chi connectivity index (χ0n) is 36.7. The summed E-state index contributed by atoms with van der Waals surface area (Å²) in [5.74, 6) is 0.0253. The van der Waals surface area contributed by atoms with Crippen LogP contribution in [0.2, 0.25) is 0 Å². The summed E-state index contributed by atoms with van der Waals surface area (Å²) >= 11 is 0. The number of esters is 1. The number of unbranched alkanes of at least 4 members (excludes halogenated alkanes) is 27. The van der Waals surface area contributed by atoms with Gasteiger partial charge in [-0.25, -0.2) is 0 Å². The molecule has 0 fully saturated rings. The second kappa shape index (κ2) is 41.0. The van der Waals surface area contributed by atoms with E-state index in [-0.39, 0.29) is 18.7 Å². The molecule has 0 spiro atoms. The van der Waals surface area contributed by atoms with Crippen molar-refractivity contribution in [1.29, 1.82) is 0 Å². The maximum atomic E-state index is 12.7. The number of aliphatic hydroxyl groups is 2. The van der Waals surface area contributed by atoms with Crippen molar-refractivity contribution in [2.75, 3.05) is 26.2 Å². The number of nitrogens with zero attached hydrogens (tertiary/aromatic N) is 1. The predicted molar refractivity (Wildman–Crippen MR) is 232 cm³/mol. The third kappa shape index (κ3) is 39.4. The van der Waals surface area contributed by atoms with Crippen molar-refractivity contribution in [2.24, 2.45) is 0 Å². The smallest absolute Gasteiger partial charge is 0.306 e. The van der Waals surface area contributed by atoms with Crippen LogP contribution in [0.5, 0.6) is 0 Å². The SMILES string of the molecule is CCCCCCCCCCCC(C)(O)CCCCCCCCN(CCO)CCCCCCCC(=O)OC(CCCCCCCC)CCCCCCCC. The van der Waals surface area contributed by atoms with E-state index >= 15 is 0 Å². The Balaban J connectivity index is 3.96. The second-order valence-corrected chi connectivity index (χ2v) is 17.3.